The van der Waals surface area contributed by atoms with Crippen LogP contribution in [0.5, 0.6) is 0 Å². The Labute approximate surface area is 197 Å². The maximum absolute atomic E-state index is 13.2. The molecule has 1 aromatic heterocycles. The van der Waals surface area contributed by atoms with Crippen molar-refractivity contribution in [1.82, 2.24) is 4.31 Å². The molecule has 174 valence electrons. The van der Waals surface area contributed by atoms with Gasteiger partial charge < -0.3 is 10.1 Å². The molecule has 7 nitrogen and oxygen atoms in total. The topological polar surface area (TPSA) is 92.8 Å². The van der Waals surface area contributed by atoms with Crippen LogP contribution in [0, 0.1) is 12.8 Å². The van der Waals surface area contributed by atoms with Crippen LogP contribution < -0.4 is 5.32 Å². The molecule has 3 aromatic rings. The molecule has 1 aliphatic rings. The molecular formula is C24H26N2O5S2. The summed E-state index contributed by atoms with van der Waals surface area (Å²) in [6.45, 7) is 4.33. The first kappa shape index (κ1) is 23.4. The van der Waals surface area contributed by atoms with Crippen LogP contribution >= 0.6 is 11.3 Å². The number of rotatable bonds is 6. The fourth-order valence-corrected chi connectivity index (χ4v) is 6.60. The molecule has 1 fully saturated rings. The van der Waals surface area contributed by atoms with Crippen LogP contribution in [0.2, 0.25) is 0 Å². The molecule has 0 saturated carbocycles. The molecule has 0 aliphatic carbocycles. The molecule has 33 heavy (non-hydrogen) atoms. The predicted octanol–water partition coefficient (Wildman–Crippen LogP) is 4.43. The number of nitrogens with one attached hydrogen (secondary N) is 1. The Hall–Kier alpha value is -2.75. The van der Waals surface area contributed by atoms with Crippen LogP contribution in [0.3, 0.4) is 0 Å². The third kappa shape index (κ3) is 4.80. The molecule has 4 rings (SSSR count). The molecule has 1 atom stereocenters. The van der Waals surface area contributed by atoms with Crippen molar-refractivity contribution in [3.05, 3.63) is 59.7 Å². The van der Waals surface area contributed by atoms with E-state index >= 15 is 0 Å². The second-order valence-corrected chi connectivity index (χ2v) is 11.0. The highest BCUT2D eigenvalue weighted by Crippen LogP contribution is 2.37. The summed E-state index contributed by atoms with van der Waals surface area (Å²) in [5.74, 6) is -1.30. The smallest absolute Gasteiger partial charge is 0.341 e. The molecule has 1 amide bonds. The molecule has 0 bridgehead atoms. The summed E-state index contributed by atoms with van der Waals surface area (Å²) >= 11 is 1.31. The number of hydrogen-bond donors (Lipinski definition) is 1. The summed E-state index contributed by atoms with van der Waals surface area (Å²) in [6, 6.07) is 14.1. The molecule has 2 heterocycles. The van der Waals surface area contributed by atoms with Crippen molar-refractivity contribution < 1.29 is 22.7 Å². The Bertz CT molecular complexity index is 1280. The number of esters is 1. The normalized spacial score (nSPS) is 17.1. The summed E-state index contributed by atoms with van der Waals surface area (Å²) in [5, 5.41) is 4.04. The minimum Gasteiger partial charge on any atom is -0.462 e. The van der Waals surface area contributed by atoms with Gasteiger partial charge >= 0.3 is 5.97 Å². The van der Waals surface area contributed by atoms with E-state index in [0.29, 0.717) is 30.0 Å². The van der Waals surface area contributed by atoms with Crippen LogP contribution in [-0.4, -0.2) is 44.3 Å². The van der Waals surface area contributed by atoms with Gasteiger partial charge in [0.25, 0.3) is 0 Å². The van der Waals surface area contributed by atoms with Crippen LogP contribution in [0.1, 0.15) is 35.7 Å². The summed E-state index contributed by atoms with van der Waals surface area (Å²) in [7, 11) is -3.69. The van der Waals surface area contributed by atoms with Gasteiger partial charge in [0, 0.05) is 23.2 Å². The van der Waals surface area contributed by atoms with Gasteiger partial charge in [-0.25, -0.2) is 13.2 Å². The van der Waals surface area contributed by atoms with E-state index in [9.17, 15) is 18.0 Å². The summed E-state index contributed by atoms with van der Waals surface area (Å²) < 4.78 is 33.6. The van der Waals surface area contributed by atoms with Gasteiger partial charge in [-0.15, -0.1) is 11.3 Å². The number of benzene rings is 2. The van der Waals surface area contributed by atoms with Crippen LogP contribution in [-0.2, 0) is 19.6 Å². The highest BCUT2D eigenvalue weighted by atomic mass is 32.2. The standard InChI is InChI=1S/C24H26N2O5S2/c1-3-31-24(28)21-19-8-4-5-9-20(19)32-23(21)25-22(27)17-7-6-14-26(15-17)33(29,30)18-12-10-16(2)11-13-18/h4-5,8-13,17H,3,6-7,14-15H2,1-2H3,(H,25,27). The Balaban J connectivity index is 1.55. The van der Waals surface area contributed by atoms with Crippen molar-refractivity contribution in [2.45, 2.75) is 31.6 Å². The molecule has 1 saturated heterocycles. The van der Waals surface area contributed by atoms with E-state index in [1.807, 2.05) is 31.2 Å². The van der Waals surface area contributed by atoms with E-state index in [4.69, 9.17) is 4.74 Å². The fraction of sp³-hybridized carbons (Fsp3) is 0.333. The number of ether oxygens (including phenoxy) is 1. The summed E-state index contributed by atoms with van der Waals surface area (Å²) in [6.07, 6.45) is 1.16. The van der Waals surface area contributed by atoms with Crippen molar-refractivity contribution in [3.8, 4) is 0 Å². The van der Waals surface area contributed by atoms with E-state index in [1.165, 1.54) is 15.6 Å². The zero-order chi connectivity index (χ0) is 23.6. The Morgan fingerprint density at radius 2 is 1.88 bits per heavy atom. The largest absolute Gasteiger partial charge is 0.462 e. The average molecular weight is 487 g/mol. The molecule has 9 heteroatoms. The van der Waals surface area contributed by atoms with E-state index < -0.39 is 21.9 Å². The Morgan fingerprint density at radius 3 is 2.61 bits per heavy atom. The van der Waals surface area contributed by atoms with Gasteiger partial charge in [0.2, 0.25) is 15.9 Å². The maximum atomic E-state index is 13.2. The van der Waals surface area contributed by atoms with Crippen molar-refractivity contribution in [1.29, 1.82) is 0 Å². The number of thiophene rings is 1. The number of hydrogen-bond acceptors (Lipinski definition) is 6. The lowest BCUT2D eigenvalue weighted by Crippen LogP contribution is -2.43. The Morgan fingerprint density at radius 1 is 1.15 bits per heavy atom. The van der Waals surface area contributed by atoms with Crippen LogP contribution in [0.4, 0.5) is 5.00 Å². The number of fused-ring (bicyclic) bond motifs is 1. The number of aryl methyl sites for hydroxylation is 1. The molecule has 1 N–H and O–H groups in total. The minimum atomic E-state index is -3.69. The van der Waals surface area contributed by atoms with Crippen LogP contribution in [0.25, 0.3) is 10.1 Å². The number of carbonyl (C=O) groups excluding carboxylic acids is 2. The minimum absolute atomic E-state index is 0.0989. The third-order valence-electron chi connectivity index (χ3n) is 5.73. The van der Waals surface area contributed by atoms with Crippen molar-refractivity contribution in [3.63, 3.8) is 0 Å². The van der Waals surface area contributed by atoms with E-state index in [2.05, 4.69) is 5.32 Å². The average Bonchev–Trinajstić information content (AvgIpc) is 3.17. The van der Waals surface area contributed by atoms with E-state index in [-0.39, 0.29) is 24.0 Å². The molecule has 1 aliphatic heterocycles. The first-order chi connectivity index (χ1) is 15.8. The Kier molecular flexibility index (Phi) is 6.83. The van der Waals surface area contributed by atoms with Gasteiger partial charge in [-0.1, -0.05) is 35.9 Å². The van der Waals surface area contributed by atoms with Gasteiger partial charge in [-0.3, -0.25) is 4.79 Å². The number of anilines is 1. The van der Waals surface area contributed by atoms with Crippen molar-refractivity contribution >= 4 is 48.3 Å². The number of amides is 1. The zero-order valence-corrected chi connectivity index (χ0v) is 20.2. The predicted molar refractivity (Wildman–Crippen MR) is 129 cm³/mol. The highest BCUT2D eigenvalue weighted by Gasteiger charge is 2.34. The first-order valence-electron chi connectivity index (χ1n) is 10.9. The maximum Gasteiger partial charge on any atom is 0.341 e. The van der Waals surface area contributed by atoms with Gasteiger partial charge in [0.15, 0.2) is 0 Å². The SMILES string of the molecule is CCOC(=O)c1c(NC(=O)C2CCCN(S(=O)(=O)c3ccc(C)cc3)C2)sc2ccccc12. The van der Waals surface area contributed by atoms with Crippen molar-refractivity contribution in [2.24, 2.45) is 5.92 Å². The number of nitrogens with zero attached hydrogens (tertiary/aromatic N) is 1. The van der Waals surface area contributed by atoms with E-state index in [0.717, 1.165) is 15.6 Å². The van der Waals surface area contributed by atoms with Crippen LogP contribution in [0.15, 0.2) is 53.4 Å². The van der Waals surface area contributed by atoms with Gasteiger partial charge in [-0.05, 0) is 44.9 Å². The first-order valence-corrected chi connectivity index (χ1v) is 13.1. The zero-order valence-electron chi connectivity index (χ0n) is 18.5. The highest BCUT2D eigenvalue weighted by molar-refractivity contribution is 7.89. The van der Waals surface area contributed by atoms with Gasteiger partial charge in [0.05, 0.1) is 17.4 Å². The number of carbonyl (C=O) groups is 2. The third-order valence-corrected chi connectivity index (χ3v) is 8.69. The number of piperidine rings is 1. The molecule has 1 unspecified atom stereocenters. The summed E-state index contributed by atoms with van der Waals surface area (Å²) in [4.78, 5) is 26.0. The number of sulfonamides is 1. The van der Waals surface area contributed by atoms with Crippen molar-refractivity contribution in [2.75, 3.05) is 25.0 Å². The lowest BCUT2D eigenvalue weighted by molar-refractivity contribution is -0.120. The quantitative estimate of drug-likeness (QED) is 0.521. The second kappa shape index (κ2) is 9.62. The van der Waals surface area contributed by atoms with E-state index in [1.54, 1.807) is 31.2 Å². The lowest BCUT2D eigenvalue weighted by Gasteiger charge is -2.31. The summed E-state index contributed by atoms with van der Waals surface area (Å²) in [5.41, 5.74) is 1.32. The second-order valence-electron chi connectivity index (χ2n) is 8.03. The molecule has 0 spiro atoms. The van der Waals surface area contributed by atoms with Gasteiger partial charge in [-0.2, -0.15) is 4.31 Å². The monoisotopic (exact) mass is 486 g/mol. The fourth-order valence-electron chi connectivity index (χ4n) is 3.99. The molecule has 0 radical (unpaired) electrons. The molecule has 2 aromatic carbocycles. The lowest BCUT2D eigenvalue weighted by atomic mass is 9.99. The van der Waals surface area contributed by atoms with Gasteiger partial charge in [0.1, 0.15) is 10.6 Å². The molecular weight excluding hydrogens is 460 g/mol.